The molecule has 0 aliphatic carbocycles. The summed E-state index contributed by atoms with van der Waals surface area (Å²) >= 11 is 0. The molecule has 1 aliphatic rings. The summed E-state index contributed by atoms with van der Waals surface area (Å²) in [5.41, 5.74) is 0. The van der Waals surface area contributed by atoms with Crippen LogP contribution in [0.3, 0.4) is 0 Å². The fraction of sp³-hybridized carbons (Fsp3) is 1.00. The molecule has 0 amide bonds. The zero-order valence-corrected chi connectivity index (χ0v) is 11.3. The molecule has 1 aliphatic heterocycles. The van der Waals surface area contributed by atoms with Gasteiger partial charge in [0, 0.05) is 6.61 Å². The third kappa shape index (κ3) is 5.85. The van der Waals surface area contributed by atoms with Crippen LogP contribution in [0.25, 0.3) is 0 Å². The first-order valence-corrected chi connectivity index (χ1v) is 8.14. The van der Waals surface area contributed by atoms with E-state index in [0.29, 0.717) is 12.2 Å². The highest BCUT2D eigenvalue weighted by molar-refractivity contribution is 7.91. The second-order valence-corrected chi connectivity index (χ2v) is 7.37. The Morgan fingerprint density at radius 3 is 2.56 bits per heavy atom. The average molecular weight is 248 g/mol. The summed E-state index contributed by atoms with van der Waals surface area (Å²) in [5.74, 6) is 1.32. The number of rotatable bonds is 7. The van der Waals surface area contributed by atoms with Gasteiger partial charge in [-0.3, -0.25) is 0 Å². The van der Waals surface area contributed by atoms with Crippen LogP contribution in [0.5, 0.6) is 0 Å². The Morgan fingerprint density at radius 2 is 2.00 bits per heavy atom. The maximum atomic E-state index is 11.2. The third-order valence-electron chi connectivity index (χ3n) is 2.97. The van der Waals surface area contributed by atoms with E-state index in [4.69, 9.17) is 4.74 Å². The minimum atomic E-state index is -2.78. The van der Waals surface area contributed by atoms with Crippen molar-refractivity contribution in [3.63, 3.8) is 0 Å². The van der Waals surface area contributed by atoms with Gasteiger partial charge in [0.25, 0.3) is 0 Å². The van der Waals surface area contributed by atoms with Crippen molar-refractivity contribution < 1.29 is 13.2 Å². The number of sulfone groups is 1. The van der Waals surface area contributed by atoms with E-state index in [2.05, 4.69) is 13.8 Å². The number of hydrogen-bond acceptors (Lipinski definition) is 3. The van der Waals surface area contributed by atoms with Gasteiger partial charge in [0.1, 0.15) is 0 Å². The maximum absolute atomic E-state index is 11.2. The summed E-state index contributed by atoms with van der Waals surface area (Å²) in [4.78, 5) is 0. The smallest absolute Gasteiger partial charge is 0.152 e. The highest BCUT2D eigenvalue weighted by Gasteiger charge is 2.28. The van der Waals surface area contributed by atoms with E-state index < -0.39 is 9.84 Å². The molecule has 0 aromatic rings. The second kappa shape index (κ2) is 6.60. The van der Waals surface area contributed by atoms with Crippen LogP contribution in [-0.2, 0) is 14.6 Å². The first kappa shape index (κ1) is 14.0. The molecule has 0 N–H and O–H groups in total. The van der Waals surface area contributed by atoms with Gasteiger partial charge in [0.05, 0.1) is 17.6 Å². The maximum Gasteiger partial charge on any atom is 0.152 e. The van der Waals surface area contributed by atoms with Crippen molar-refractivity contribution in [3.05, 3.63) is 0 Å². The van der Waals surface area contributed by atoms with Crippen molar-refractivity contribution in [3.8, 4) is 0 Å². The van der Waals surface area contributed by atoms with Crippen molar-refractivity contribution in [2.24, 2.45) is 5.92 Å². The molecule has 0 saturated carbocycles. The van der Waals surface area contributed by atoms with Crippen molar-refractivity contribution in [2.45, 2.75) is 52.1 Å². The van der Waals surface area contributed by atoms with Gasteiger partial charge in [-0.25, -0.2) is 8.42 Å². The lowest BCUT2D eigenvalue weighted by Gasteiger charge is -2.09. The van der Waals surface area contributed by atoms with Crippen LogP contribution in [0, 0.1) is 5.92 Å². The van der Waals surface area contributed by atoms with Crippen molar-refractivity contribution in [1.29, 1.82) is 0 Å². The van der Waals surface area contributed by atoms with Crippen LogP contribution in [0.15, 0.2) is 0 Å². The summed E-state index contributed by atoms with van der Waals surface area (Å²) in [6.07, 6.45) is 5.44. The molecule has 1 fully saturated rings. The lowest BCUT2D eigenvalue weighted by molar-refractivity contribution is 0.0679. The van der Waals surface area contributed by atoms with E-state index >= 15 is 0 Å². The molecule has 16 heavy (non-hydrogen) atoms. The molecule has 0 spiro atoms. The van der Waals surface area contributed by atoms with Crippen LogP contribution in [0.1, 0.15) is 46.0 Å². The molecule has 1 heterocycles. The zero-order chi connectivity index (χ0) is 12.0. The summed E-state index contributed by atoms with van der Waals surface area (Å²) in [7, 11) is -2.78. The van der Waals surface area contributed by atoms with Gasteiger partial charge >= 0.3 is 0 Å². The van der Waals surface area contributed by atoms with E-state index in [9.17, 15) is 8.42 Å². The Morgan fingerprint density at radius 1 is 1.25 bits per heavy atom. The number of hydrogen-bond donors (Lipinski definition) is 0. The summed E-state index contributed by atoms with van der Waals surface area (Å²) < 4.78 is 27.9. The molecule has 0 aromatic heterocycles. The topological polar surface area (TPSA) is 43.4 Å². The predicted octanol–water partition coefficient (Wildman–Crippen LogP) is 2.41. The third-order valence-corrected chi connectivity index (χ3v) is 4.71. The van der Waals surface area contributed by atoms with E-state index in [1.54, 1.807) is 0 Å². The minimum Gasteiger partial charge on any atom is -0.377 e. The Kier molecular flexibility index (Phi) is 5.76. The van der Waals surface area contributed by atoms with Crippen molar-refractivity contribution in [2.75, 3.05) is 18.1 Å². The van der Waals surface area contributed by atoms with Gasteiger partial charge in [-0.05, 0) is 18.8 Å². The highest BCUT2D eigenvalue weighted by atomic mass is 32.2. The molecular weight excluding hydrogens is 224 g/mol. The van der Waals surface area contributed by atoms with E-state index in [1.807, 2.05) is 0 Å². The van der Waals surface area contributed by atoms with Crippen LogP contribution in [0.4, 0.5) is 0 Å². The minimum absolute atomic E-state index is 0.0323. The molecular formula is C12H24O3S. The van der Waals surface area contributed by atoms with Crippen LogP contribution in [0.2, 0.25) is 0 Å². The fourth-order valence-electron chi connectivity index (χ4n) is 1.97. The van der Waals surface area contributed by atoms with Crippen LogP contribution >= 0.6 is 0 Å². The van der Waals surface area contributed by atoms with E-state index in [-0.39, 0.29) is 11.9 Å². The molecule has 1 rings (SSSR count). The number of ether oxygens (including phenoxy) is 1. The monoisotopic (exact) mass is 248 g/mol. The molecule has 0 bridgehead atoms. The van der Waals surface area contributed by atoms with E-state index in [0.717, 1.165) is 18.9 Å². The molecule has 0 aromatic carbocycles. The van der Waals surface area contributed by atoms with E-state index in [1.165, 1.54) is 19.3 Å². The zero-order valence-electron chi connectivity index (χ0n) is 10.4. The Balaban J connectivity index is 1.96. The first-order valence-electron chi connectivity index (χ1n) is 6.31. The second-order valence-electron chi connectivity index (χ2n) is 5.14. The van der Waals surface area contributed by atoms with Gasteiger partial charge in [0.2, 0.25) is 0 Å². The molecule has 1 atom stereocenters. The average Bonchev–Trinajstić information content (AvgIpc) is 2.51. The Bertz CT molecular complexity index is 283. The first-order chi connectivity index (χ1) is 7.49. The SMILES string of the molecule is CC(C)CCCCCO[C@H]1CCS(=O)(=O)C1. The lowest BCUT2D eigenvalue weighted by atomic mass is 10.1. The lowest BCUT2D eigenvalue weighted by Crippen LogP contribution is -2.15. The van der Waals surface area contributed by atoms with Crippen molar-refractivity contribution >= 4 is 9.84 Å². The molecule has 0 radical (unpaired) electrons. The Labute approximate surface area is 99.5 Å². The summed E-state index contributed by atoms with van der Waals surface area (Å²) in [6, 6.07) is 0. The molecule has 0 unspecified atom stereocenters. The predicted molar refractivity (Wildman–Crippen MR) is 66.3 cm³/mol. The molecule has 4 heteroatoms. The molecule has 96 valence electrons. The standard InChI is InChI=1S/C12H24O3S/c1-11(2)6-4-3-5-8-15-12-7-9-16(13,14)10-12/h11-12H,3-10H2,1-2H3/t12-/m0/s1. The normalized spacial score (nSPS) is 24.1. The molecule has 1 saturated heterocycles. The van der Waals surface area contributed by atoms with Gasteiger partial charge in [-0.2, -0.15) is 0 Å². The van der Waals surface area contributed by atoms with Gasteiger partial charge < -0.3 is 4.74 Å². The van der Waals surface area contributed by atoms with Gasteiger partial charge in [-0.1, -0.05) is 33.1 Å². The summed E-state index contributed by atoms with van der Waals surface area (Å²) in [5, 5.41) is 0. The summed E-state index contributed by atoms with van der Waals surface area (Å²) in [6.45, 7) is 5.19. The van der Waals surface area contributed by atoms with Crippen LogP contribution < -0.4 is 0 Å². The van der Waals surface area contributed by atoms with Gasteiger partial charge in [0.15, 0.2) is 9.84 Å². The van der Waals surface area contributed by atoms with Gasteiger partial charge in [-0.15, -0.1) is 0 Å². The highest BCUT2D eigenvalue weighted by Crippen LogP contribution is 2.15. The van der Waals surface area contributed by atoms with Crippen LogP contribution in [-0.4, -0.2) is 32.6 Å². The Hall–Kier alpha value is -0.0900. The number of unbranched alkanes of at least 4 members (excludes halogenated alkanes) is 2. The fourth-order valence-corrected chi connectivity index (χ4v) is 3.59. The van der Waals surface area contributed by atoms with Crippen molar-refractivity contribution in [1.82, 2.24) is 0 Å². The quantitative estimate of drug-likeness (QED) is 0.650. The largest absolute Gasteiger partial charge is 0.377 e. The molecule has 3 nitrogen and oxygen atoms in total.